The molecule has 0 aromatic heterocycles. The molecule has 1 amide bonds. The number of nitrogens with zero attached hydrogens (tertiary/aromatic N) is 1. The Morgan fingerprint density at radius 2 is 1.58 bits per heavy atom. The second-order valence-electron chi connectivity index (χ2n) is 7.57. The molecule has 1 fully saturated rings. The number of nitrogens with one attached hydrogen (secondary N) is 1. The van der Waals surface area contributed by atoms with Gasteiger partial charge in [-0.15, -0.1) is 0 Å². The molecule has 0 unspecified atom stereocenters. The van der Waals surface area contributed by atoms with Crippen LogP contribution in [0.1, 0.15) is 15.9 Å². The Morgan fingerprint density at radius 3 is 2.27 bits per heavy atom. The van der Waals surface area contributed by atoms with Gasteiger partial charge in [0.2, 0.25) is 0 Å². The van der Waals surface area contributed by atoms with E-state index in [1.165, 1.54) is 0 Å². The molecular formula is C26H26N2O5. The number of carbonyl (C=O) groups is 2. The Hall–Kier alpha value is -3.84. The topological polar surface area (TPSA) is 77.1 Å². The van der Waals surface area contributed by atoms with E-state index in [0.717, 1.165) is 24.3 Å². The van der Waals surface area contributed by atoms with Crippen molar-refractivity contribution in [3.63, 3.8) is 0 Å². The SMILES string of the molecule is O=C(COC(=O)c1ccc(OCc2ccccc2)cc1)Nc1ccc(N2CCOCC2)cc1. The third-order valence-electron chi connectivity index (χ3n) is 5.20. The van der Waals surface area contributed by atoms with Crippen molar-refractivity contribution in [1.82, 2.24) is 0 Å². The summed E-state index contributed by atoms with van der Waals surface area (Å²) in [5, 5.41) is 2.74. The van der Waals surface area contributed by atoms with Gasteiger partial charge in [0.1, 0.15) is 12.4 Å². The predicted octanol–water partition coefficient (Wildman–Crippen LogP) is 3.90. The van der Waals surface area contributed by atoms with Gasteiger partial charge in [-0.1, -0.05) is 30.3 Å². The molecule has 0 saturated carbocycles. The molecule has 1 heterocycles. The quantitative estimate of drug-likeness (QED) is 0.529. The molecule has 7 heteroatoms. The van der Waals surface area contributed by atoms with Crippen LogP contribution in [0.3, 0.4) is 0 Å². The first-order valence-electron chi connectivity index (χ1n) is 10.8. The minimum Gasteiger partial charge on any atom is -0.489 e. The molecule has 170 valence electrons. The van der Waals surface area contributed by atoms with E-state index in [4.69, 9.17) is 14.2 Å². The molecule has 0 bridgehead atoms. The minimum absolute atomic E-state index is 0.352. The van der Waals surface area contributed by atoms with E-state index in [-0.39, 0.29) is 6.61 Å². The van der Waals surface area contributed by atoms with E-state index >= 15 is 0 Å². The van der Waals surface area contributed by atoms with Crippen molar-refractivity contribution in [2.75, 3.05) is 43.1 Å². The van der Waals surface area contributed by atoms with Crippen LogP contribution in [0, 0.1) is 0 Å². The van der Waals surface area contributed by atoms with E-state index in [2.05, 4.69) is 10.2 Å². The minimum atomic E-state index is -0.567. The molecule has 33 heavy (non-hydrogen) atoms. The lowest BCUT2D eigenvalue weighted by Gasteiger charge is -2.28. The van der Waals surface area contributed by atoms with Crippen molar-refractivity contribution in [1.29, 1.82) is 0 Å². The van der Waals surface area contributed by atoms with Gasteiger partial charge in [-0.25, -0.2) is 4.79 Å². The molecule has 3 aromatic carbocycles. The largest absolute Gasteiger partial charge is 0.489 e. The summed E-state index contributed by atoms with van der Waals surface area (Å²) in [6, 6.07) is 24.0. The first-order valence-corrected chi connectivity index (χ1v) is 10.8. The predicted molar refractivity (Wildman–Crippen MR) is 126 cm³/mol. The van der Waals surface area contributed by atoms with Crippen molar-refractivity contribution in [3.8, 4) is 5.75 Å². The Balaban J connectivity index is 1.21. The molecule has 1 saturated heterocycles. The molecule has 7 nitrogen and oxygen atoms in total. The number of rotatable bonds is 8. The summed E-state index contributed by atoms with van der Waals surface area (Å²) < 4.78 is 16.2. The number of amides is 1. The number of carbonyl (C=O) groups excluding carboxylic acids is 2. The molecular weight excluding hydrogens is 420 g/mol. The lowest BCUT2D eigenvalue weighted by Crippen LogP contribution is -2.36. The maximum atomic E-state index is 12.3. The molecule has 0 atom stereocenters. The second kappa shape index (κ2) is 11.2. The average Bonchev–Trinajstić information content (AvgIpc) is 2.88. The molecule has 1 aliphatic heterocycles. The van der Waals surface area contributed by atoms with Crippen molar-refractivity contribution in [2.24, 2.45) is 0 Å². The van der Waals surface area contributed by atoms with Gasteiger partial charge in [0.25, 0.3) is 5.91 Å². The van der Waals surface area contributed by atoms with E-state index < -0.39 is 11.9 Å². The smallest absolute Gasteiger partial charge is 0.338 e. The number of hydrogen-bond donors (Lipinski definition) is 1. The summed E-state index contributed by atoms with van der Waals surface area (Å²) >= 11 is 0. The molecule has 1 N–H and O–H groups in total. The number of esters is 1. The van der Waals surface area contributed by atoms with E-state index in [1.807, 2.05) is 54.6 Å². The highest BCUT2D eigenvalue weighted by molar-refractivity contribution is 5.95. The lowest BCUT2D eigenvalue weighted by molar-refractivity contribution is -0.119. The van der Waals surface area contributed by atoms with Gasteiger partial charge in [-0.3, -0.25) is 4.79 Å². The van der Waals surface area contributed by atoms with Gasteiger partial charge in [0, 0.05) is 24.5 Å². The van der Waals surface area contributed by atoms with Crippen LogP contribution in [0.5, 0.6) is 5.75 Å². The molecule has 0 spiro atoms. The summed E-state index contributed by atoms with van der Waals surface area (Å²) in [5.74, 6) is -0.318. The van der Waals surface area contributed by atoms with Crippen LogP contribution >= 0.6 is 0 Å². The molecule has 0 radical (unpaired) electrons. The number of ether oxygens (including phenoxy) is 3. The Labute approximate surface area is 192 Å². The van der Waals surface area contributed by atoms with E-state index in [1.54, 1.807) is 24.3 Å². The van der Waals surface area contributed by atoms with Gasteiger partial charge in [-0.05, 0) is 54.1 Å². The van der Waals surface area contributed by atoms with Crippen LogP contribution in [0.25, 0.3) is 0 Å². The van der Waals surface area contributed by atoms with Gasteiger partial charge in [-0.2, -0.15) is 0 Å². The summed E-state index contributed by atoms with van der Waals surface area (Å²) in [6.45, 7) is 3.21. The van der Waals surface area contributed by atoms with Crippen LogP contribution in [0.2, 0.25) is 0 Å². The number of morpholine rings is 1. The van der Waals surface area contributed by atoms with Crippen molar-refractivity contribution in [2.45, 2.75) is 6.61 Å². The summed E-state index contributed by atoms with van der Waals surface area (Å²) in [6.07, 6.45) is 0. The zero-order chi connectivity index (χ0) is 22.9. The summed E-state index contributed by atoms with van der Waals surface area (Å²) in [4.78, 5) is 26.7. The number of anilines is 2. The van der Waals surface area contributed by atoms with Crippen molar-refractivity contribution < 1.29 is 23.8 Å². The highest BCUT2D eigenvalue weighted by atomic mass is 16.5. The van der Waals surface area contributed by atoms with E-state index in [9.17, 15) is 9.59 Å². The van der Waals surface area contributed by atoms with Gasteiger partial charge in [0.15, 0.2) is 6.61 Å². The monoisotopic (exact) mass is 446 g/mol. The van der Waals surface area contributed by atoms with Crippen LogP contribution in [-0.2, 0) is 20.9 Å². The zero-order valence-corrected chi connectivity index (χ0v) is 18.2. The lowest BCUT2D eigenvalue weighted by atomic mass is 10.2. The standard InChI is InChI=1S/C26H26N2O5/c29-25(27-22-8-10-23(11-9-22)28-14-16-31-17-15-28)19-33-26(30)21-6-12-24(13-7-21)32-18-20-4-2-1-3-5-20/h1-13H,14-19H2,(H,27,29). The number of hydrogen-bond acceptors (Lipinski definition) is 6. The fourth-order valence-corrected chi connectivity index (χ4v) is 3.42. The van der Waals surface area contributed by atoms with Gasteiger partial charge >= 0.3 is 5.97 Å². The second-order valence-corrected chi connectivity index (χ2v) is 7.57. The molecule has 3 aromatic rings. The molecule has 0 aliphatic carbocycles. The fraction of sp³-hybridized carbons (Fsp3) is 0.231. The van der Waals surface area contributed by atoms with Crippen LogP contribution in [0.4, 0.5) is 11.4 Å². The Bertz CT molecular complexity index is 1050. The normalized spacial score (nSPS) is 13.3. The zero-order valence-electron chi connectivity index (χ0n) is 18.2. The summed E-state index contributed by atoms with van der Waals surface area (Å²) in [7, 11) is 0. The van der Waals surface area contributed by atoms with Gasteiger partial charge in [0.05, 0.1) is 18.8 Å². The van der Waals surface area contributed by atoms with Crippen molar-refractivity contribution in [3.05, 3.63) is 90.0 Å². The Morgan fingerprint density at radius 1 is 0.879 bits per heavy atom. The Kier molecular flexibility index (Phi) is 7.56. The first-order chi connectivity index (χ1) is 16.2. The van der Waals surface area contributed by atoms with Crippen LogP contribution < -0.4 is 15.0 Å². The maximum Gasteiger partial charge on any atom is 0.338 e. The summed E-state index contributed by atoms with van der Waals surface area (Å²) in [5.41, 5.74) is 3.14. The van der Waals surface area contributed by atoms with Gasteiger partial charge < -0.3 is 24.4 Å². The highest BCUT2D eigenvalue weighted by Gasteiger charge is 2.13. The van der Waals surface area contributed by atoms with Crippen LogP contribution in [0.15, 0.2) is 78.9 Å². The molecule has 1 aliphatic rings. The maximum absolute atomic E-state index is 12.3. The molecule has 4 rings (SSSR count). The third kappa shape index (κ3) is 6.57. The number of benzene rings is 3. The van der Waals surface area contributed by atoms with Crippen molar-refractivity contribution >= 4 is 23.3 Å². The van der Waals surface area contributed by atoms with E-state index in [0.29, 0.717) is 36.8 Å². The highest BCUT2D eigenvalue weighted by Crippen LogP contribution is 2.19. The average molecular weight is 447 g/mol. The van der Waals surface area contributed by atoms with Crippen LogP contribution in [-0.4, -0.2) is 44.8 Å². The third-order valence-corrected chi connectivity index (χ3v) is 5.20. The first kappa shape index (κ1) is 22.4. The fourth-order valence-electron chi connectivity index (χ4n) is 3.42.